The molecule has 0 heterocycles. The first-order valence-corrected chi connectivity index (χ1v) is 5.72. The van der Waals surface area contributed by atoms with Crippen molar-refractivity contribution in [1.29, 1.82) is 5.26 Å². The highest BCUT2D eigenvalue weighted by Gasteiger charge is 2.13. The van der Waals surface area contributed by atoms with Crippen LogP contribution in [0.1, 0.15) is 18.1 Å². The van der Waals surface area contributed by atoms with Gasteiger partial charge in [0.15, 0.2) is 0 Å². The minimum absolute atomic E-state index is 0.0310. The third kappa shape index (κ3) is 3.54. The summed E-state index contributed by atoms with van der Waals surface area (Å²) in [6, 6.07) is 6.52. The molecule has 4 nitrogen and oxygen atoms in total. The summed E-state index contributed by atoms with van der Waals surface area (Å²) in [5, 5.41) is 11.3. The van der Waals surface area contributed by atoms with Crippen LogP contribution >= 0.6 is 0 Å². The molecule has 1 aromatic rings. The van der Waals surface area contributed by atoms with E-state index in [-0.39, 0.29) is 18.0 Å². The summed E-state index contributed by atoms with van der Waals surface area (Å²) < 4.78 is 13.8. The molecule has 18 heavy (non-hydrogen) atoms. The lowest BCUT2D eigenvalue weighted by Crippen LogP contribution is -2.35. The van der Waals surface area contributed by atoms with Crippen LogP contribution < -0.4 is 5.32 Å². The Morgan fingerprint density at radius 3 is 2.83 bits per heavy atom. The molecule has 1 aromatic carbocycles. The largest absolute Gasteiger partial charge is 0.358 e. The highest BCUT2D eigenvalue weighted by molar-refractivity contribution is 5.77. The van der Waals surface area contributed by atoms with E-state index in [1.54, 1.807) is 30.1 Å². The van der Waals surface area contributed by atoms with Crippen molar-refractivity contribution in [1.82, 2.24) is 10.2 Å². The SMILES string of the molecule is CCN(CC(=O)NC)Cc1cccc(C#N)c1F. The van der Waals surface area contributed by atoms with Crippen molar-refractivity contribution in [2.24, 2.45) is 0 Å². The van der Waals surface area contributed by atoms with Gasteiger partial charge in [-0.25, -0.2) is 4.39 Å². The number of hydrogen-bond acceptors (Lipinski definition) is 3. The lowest BCUT2D eigenvalue weighted by atomic mass is 10.1. The fourth-order valence-electron chi connectivity index (χ4n) is 1.59. The van der Waals surface area contributed by atoms with Crippen LogP contribution in [0.2, 0.25) is 0 Å². The lowest BCUT2D eigenvalue weighted by molar-refractivity contribution is -0.121. The van der Waals surface area contributed by atoms with E-state index >= 15 is 0 Å². The third-order valence-corrected chi connectivity index (χ3v) is 2.69. The third-order valence-electron chi connectivity index (χ3n) is 2.69. The predicted molar refractivity (Wildman–Crippen MR) is 66.1 cm³/mol. The van der Waals surface area contributed by atoms with Crippen molar-refractivity contribution >= 4 is 5.91 Å². The Balaban J connectivity index is 2.82. The number of benzene rings is 1. The Morgan fingerprint density at radius 1 is 1.56 bits per heavy atom. The molecule has 0 unspecified atom stereocenters. The summed E-state index contributed by atoms with van der Waals surface area (Å²) in [7, 11) is 1.56. The molecule has 5 heteroatoms. The second-order valence-electron chi connectivity index (χ2n) is 3.87. The number of nitrogens with one attached hydrogen (secondary N) is 1. The first-order chi connectivity index (χ1) is 8.62. The first-order valence-electron chi connectivity index (χ1n) is 5.72. The quantitative estimate of drug-likeness (QED) is 0.854. The van der Waals surface area contributed by atoms with Crippen molar-refractivity contribution in [3.63, 3.8) is 0 Å². The molecule has 0 aliphatic heterocycles. The van der Waals surface area contributed by atoms with E-state index in [0.29, 0.717) is 18.7 Å². The molecule has 0 saturated heterocycles. The maximum absolute atomic E-state index is 13.8. The molecular weight excluding hydrogens is 233 g/mol. The van der Waals surface area contributed by atoms with E-state index < -0.39 is 5.82 Å². The van der Waals surface area contributed by atoms with Crippen molar-refractivity contribution in [2.45, 2.75) is 13.5 Å². The number of carbonyl (C=O) groups is 1. The summed E-state index contributed by atoms with van der Waals surface area (Å²) in [6.45, 7) is 3.05. The van der Waals surface area contributed by atoms with E-state index in [1.165, 1.54) is 6.07 Å². The van der Waals surface area contributed by atoms with Crippen molar-refractivity contribution in [2.75, 3.05) is 20.1 Å². The molecule has 0 atom stereocenters. The van der Waals surface area contributed by atoms with Crippen LogP contribution in [-0.4, -0.2) is 30.9 Å². The highest BCUT2D eigenvalue weighted by atomic mass is 19.1. The van der Waals surface area contributed by atoms with E-state index in [1.807, 2.05) is 6.92 Å². The number of nitriles is 1. The zero-order valence-electron chi connectivity index (χ0n) is 10.5. The zero-order chi connectivity index (χ0) is 13.5. The van der Waals surface area contributed by atoms with Gasteiger partial charge in [0.25, 0.3) is 0 Å². The minimum Gasteiger partial charge on any atom is -0.358 e. The molecule has 0 bridgehead atoms. The van der Waals surface area contributed by atoms with Gasteiger partial charge in [0.1, 0.15) is 11.9 Å². The Hall–Kier alpha value is -1.93. The lowest BCUT2D eigenvalue weighted by Gasteiger charge is -2.19. The molecule has 0 fully saturated rings. The standard InChI is InChI=1S/C13H16FN3O/c1-3-17(9-12(18)16-2)8-11-6-4-5-10(7-15)13(11)14/h4-6H,3,8-9H2,1-2H3,(H,16,18). The van der Waals surface area contributed by atoms with Gasteiger partial charge < -0.3 is 5.32 Å². The van der Waals surface area contributed by atoms with E-state index in [9.17, 15) is 9.18 Å². The second kappa shape index (κ2) is 6.72. The van der Waals surface area contributed by atoms with E-state index in [4.69, 9.17) is 5.26 Å². The average molecular weight is 249 g/mol. The molecule has 0 aromatic heterocycles. The number of rotatable bonds is 5. The zero-order valence-corrected chi connectivity index (χ0v) is 10.5. The fourth-order valence-corrected chi connectivity index (χ4v) is 1.59. The minimum atomic E-state index is -0.504. The fraction of sp³-hybridized carbons (Fsp3) is 0.385. The van der Waals surface area contributed by atoms with Gasteiger partial charge >= 0.3 is 0 Å². The topological polar surface area (TPSA) is 56.1 Å². The number of carbonyl (C=O) groups excluding carboxylic acids is 1. The summed E-state index contributed by atoms with van der Waals surface area (Å²) in [4.78, 5) is 13.1. The Kier molecular flexibility index (Phi) is 5.28. The van der Waals surface area contributed by atoms with Crippen LogP contribution in [0.3, 0.4) is 0 Å². The van der Waals surface area contributed by atoms with Crippen LogP contribution in [0, 0.1) is 17.1 Å². The smallest absolute Gasteiger partial charge is 0.233 e. The van der Waals surface area contributed by atoms with Gasteiger partial charge in [-0.2, -0.15) is 5.26 Å². The van der Waals surface area contributed by atoms with Gasteiger partial charge in [-0.05, 0) is 12.6 Å². The van der Waals surface area contributed by atoms with Crippen molar-refractivity contribution in [3.8, 4) is 6.07 Å². The molecular formula is C13H16FN3O. The number of amides is 1. The van der Waals surface area contributed by atoms with Gasteiger partial charge in [-0.3, -0.25) is 9.69 Å². The van der Waals surface area contributed by atoms with Gasteiger partial charge in [-0.1, -0.05) is 19.1 Å². The number of likely N-dealkylation sites (N-methyl/N-ethyl adjacent to an activating group) is 2. The van der Waals surface area contributed by atoms with Crippen LogP contribution in [0.5, 0.6) is 0 Å². The van der Waals surface area contributed by atoms with Crippen LogP contribution in [0.15, 0.2) is 18.2 Å². The molecule has 1 N–H and O–H groups in total. The molecule has 0 aliphatic rings. The van der Waals surface area contributed by atoms with Crippen molar-refractivity contribution in [3.05, 3.63) is 35.1 Å². The Labute approximate surface area is 106 Å². The van der Waals surface area contributed by atoms with Crippen LogP contribution in [0.4, 0.5) is 4.39 Å². The first kappa shape index (κ1) is 14.1. The van der Waals surface area contributed by atoms with Crippen LogP contribution in [0.25, 0.3) is 0 Å². The number of hydrogen-bond donors (Lipinski definition) is 1. The maximum atomic E-state index is 13.8. The van der Waals surface area contributed by atoms with Crippen LogP contribution in [-0.2, 0) is 11.3 Å². The molecule has 1 amide bonds. The summed E-state index contributed by atoms with van der Waals surface area (Å²) >= 11 is 0. The van der Waals surface area contributed by atoms with Crippen molar-refractivity contribution < 1.29 is 9.18 Å². The van der Waals surface area contributed by atoms with E-state index in [2.05, 4.69) is 5.32 Å². The van der Waals surface area contributed by atoms with Gasteiger partial charge in [0.05, 0.1) is 12.1 Å². The summed E-state index contributed by atoms with van der Waals surface area (Å²) in [6.07, 6.45) is 0. The molecule has 0 saturated carbocycles. The molecule has 0 radical (unpaired) electrons. The average Bonchev–Trinajstić information content (AvgIpc) is 2.39. The monoisotopic (exact) mass is 249 g/mol. The van der Waals surface area contributed by atoms with Gasteiger partial charge in [0, 0.05) is 19.2 Å². The molecule has 0 spiro atoms. The Morgan fingerprint density at radius 2 is 2.28 bits per heavy atom. The number of nitrogens with zero attached hydrogens (tertiary/aromatic N) is 2. The summed E-state index contributed by atoms with van der Waals surface area (Å²) in [5.74, 6) is -0.621. The summed E-state index contributed by atoms with van der Waals surface area (Å²) in [5.41, 5.74) is 0.461. The van der Waals surface area contributed by atoms with E-state index in [0.717, 1.165) is 0 Å². The highest BCUT2D eigenvalue weighted by Crippen LogP contribution is 2.14. The second-order valence-corrected chi connectivity index (χ2v) is 3.87. The maximum Gasteiger partial charge on any atom is 0.233 e. The normalized spacial score (nSPS) is 10.2. The molecule has 96 valence electrons. The number of halogens is 1. The predicted octanol–water partition coefficient (Wildman–Crippen LogP) is 1.27. The van der Waals surface area contributed by atoms with Gasteiger partial charge in [0.2, 0.25) is 5.91 Å². The molecule has 0 aliphatic carbocycles. The van der Waals surface area contributed by atoms with Gasteiger partial charge in [-0.15, -0.1) is 0 Å². The Bertz CT molecular complexity index is 468. The molecule has 1 rings (SSSR count).